The maximum atomic E-state index is 11.5. The third kappa shape index (κ3) is 5.84. The average molecular weight is 239 g/mol. The lowest BCUT2D eigenvalue weighted by molar-refractivity contribution is -0.122. The van der Waals surface area contributed by atoms with Crippen molar-refractivity contribution in [1.82, 2.24) is 15.5 Å². The maximum Gasteiger partial charge on any atom is 0.234 e. The molecule has 0 aromatic heterocycles. The SMILES string of the molecule is C=CCNC(=O)CN1CCC(CNCC)CC1. The Labute approximate surface area is 104 Å². The van der Waals surface area contributed by atoms with Crippen molar-refractivity contribution in [2.75, 3.05) is 39.3 Å². The monoisotopic (exact) mass is 239 g/mol. The van der Waals surface area contributed by atoms with E-state index in [-0.39, 0.29) is 5.91 Å². The molecule has 0 bridgehead atoms. The number of carbonyl (C=O) groups is 1. The van der Waals surface area contributed by atoms with Crippen LogP contribution in [-0.4, -0.2) is 50.1 Å². The molecule has 17 heavy (non-hydrogen) atoms. The zero-order chi connectivity index (χ0) is 12.5. The first-order valence-corrected chi connectivity index (χ1v) is 6.57. The molecule has 1 heterocycles. The second-order valence-electron chi connectivity index (χ2n) is 4.62. The maximum absolute atomic E-state index is 11.5. The second-order valence-corrected chi connectivity index (χ2v) is 4.62. The van der Waals surface area contributed by atoms with Crippen LogP contribution < -0.4 is 10.6 Å². The summed E-state index contributed by atoms with van der Waals surface area (Å²) in [5.74, 6) is 0.887. The lowest BCUT2D eigenvalue weighted by atomic mass is 9.97. The van der Waals surface area contributed by atoms with Crippen molar-refractivity contribution in [3.05, 3.63) is 12.7 Å². The molecule has 1 amide bonds. The van der Waals surface area contributed by atoms with Crippen LogP contribution in [0.3, 0.4) is 0 Å². The quantitative estimate of drug-likeness (QED) is 0.640. The molecular weight excluding hydrogens is 214 g/mol. The lowest BCUT2D eigenvalue weighted by Gasteiger charge is -2.31. The molecule has 1 saturated heterocycles. The Bertz CT molecular complexity index is 235. The number of carbonyl (C=O) groups excluding carboxylic acids is 1. The third-order valence-electron chi connectivity index (χ3n) is 3.20. The molecule has 0 atom stereocenters. The van der Waals surface area contributed by atoms with Gasteiger partial charge in [0.2, 0.25) is 5.91 Å². The summed E-state index contributed by atoms with van der Waals surface area (Å²) in [4.78, 5) is 13.7. The van der Waals surface area contributed by atoms with Crippen molar-refractivity contribution in [3.63, 3.8) is 0 Å². The van der Waals surface area contributed by atoms with E-state index in [1.165, 1.54) is 12.8 Å². The van der Waals surface area contributed by atoms with Crippen LogP contribution in [0.5, 0.6) is 0 Å². The minimum Gasteiger partial charge on any atom is -0.352 e. The van der Waals surface area contributed by atoms with Gasteiger partial charge in [-0.25, -0.2) is 0 Å². The topological polar surface area (TPSA) is 44.4 Å². The molecule has 1 aliphatic heterocycles. The van der Waals surface area contributed by atoms with Gasteiger partial charge in [-0.1, -0.05) is 13.0 Å². The van der Waals surface area contributed by atoms with E-state index in [4.69, 9.17) is 0 Å². The van der Waals surface area contributed by atoms with E-state index in [9.17, 15) is 4.79 Å². The van der Waals surface area contributed by atoms with Gasteiger partial charge < -0.3 is 10.6 Å². The molecule has 0 aromatic rings. The second kappa shape index (κ2) is 8.25. The summed E-state index contributed by atoms with van der Waals surface area (Å²) in [5, 5.41) is 6.21. The Morgan fingerprint density at radius 2 is 2.18 bits per heavy atom. The van der Waals surface area contributed by atoms with Crippen molar-refractivity contribution < 1.29 is 4.79 Å². The summed E-state index contributed by atoms with van der Waals surface area (Å²) in [6.07, 6.45) is 4.10. The third-order valence-corrected chi connectivity index (χ3v) is 3.20. The zero-order valence-corrected chi connectivity index (χ0v) is 10.9. The van der Waals surface area contributed by atoms with Crippen molar-refractivity contribution in [3.8, 4) is 0 Å². The standard InChI is InChI=1S/C13H25N3O/c1-3-7-15-13(17)11-16-8-5-12(6-9-16)10-14-4-2/h3,12,14H,1,4-11H2,2H3,(H,15,17). The Hall–Kier alpha value is -0.870. The summed E-state index contributed by atoms with van der Waals surface area (Å²) in [7, 11) is 0. The van der Waals surface area contributed by atoms with Gasteiger partial charge in [-0.2, -0.15) is 0 Å². The van der Waals surface area contributed by atoms with E-state index in [0.717, 1.165) is 32.1 Å². The van der Waals surface area contributed by atoms with Crippen LogP contribution in [0, 0.1) is 5.92 Å². The number of likely N-dealkylation sites (tertiary alicyclic amines) is 1. The lowest BCUT2D eigenvalue weighted by Crippen LogP contribution is -2.42. The molecule has 4 heteroatoms. The summed E-state index contributed by atoms with van der Waals surface area (Å²) in [6.45, 7) is 11.1. The fraction of sp³-hybridized carbons (Fsp3) is 0.769. The van der Waals surface area contributed by atoms with E-state index in [0.29, 0.717) is 13.1 Å². The van der Waals surface area contributed by atoms with Crippen LogP contribution in [0.4, 0.5) is 0 Å². The molecule has 1 rings (SSSR count). The molecule has 1 fully saturated rings. The Morgan fingerprint density at radius 3 is 2.76 bits per heavy atom. The predicted molar refractivity (Wildman–Crippen MR) is 70.9 cm³/mol. The van der Waals surface area contributed by atoms with Crippen molar-refractivity contribution in [2.45, 2.75) is 19.8 Å². The molecule has 0 aromatic carbocycles. The zero-order valence-electron chi connectivity index (χ0n) is 10.9. The van der Waals surface area contributed by atoms with Gasteiger partial charge in [0.25, 0.3) is 0 Å². The van der Waals surface area contributed by atoms with Crippen molar-refractivity contribution in [1.29, 1.82) is 0 Å². The molecule has 0 radical (unpaired) electrons. The molecule has 4 nitrogen and oxygen atoms in total. The van der Waals surface area contributed by atoms with Crippen LogP contribution in [0.15, 0.2) is 12.7 Å². The van der Waals surface area contributed by atoms with Gasteiger partial charge in [0.15, 0.2) is 0 Å². The van der Waals surface area contributed by atoms with Gasteiger partial charge in [-0.05, 0) is 44.9 Å². The molecule has 0 saturated carbocycles. The minimum absolute atomic E-state index is 0.107. The summed E-state index contributed by atoms with van der Waals surface area (Å²) < 4.78 is 0. The highest BCUT2D eigenvalue weighted by Gasteiger charge is 2.19. The summed E-state index contributed by atoms with van der Waals surface area (Å²) in [6, 6.07) is 0. The summed E-state index contributed by atoms with van der Waals surface area (Å²) >= 11 is 0. The number of piperidine rings is 1. The molecule has 2 N–H and O–H groups in total. The van der Waals surface area contributed by atoms with Crippen molar-refractivity contribution >= 4 is 5.91 Å². The largest absolute Gasteiger partial charge is 0.352 e. The Kier molecular flexibility index (Phi) is 6.89. The fourth-order valence-electron chi connectivity index (χ4n) is 2.14. The molecule has 1 aliphatic rings. The highest BCUT2D eigenvalue weighted by atomic mass is 16.2. The van der Waals surface area contributed by atoms with Crippen LogP contribution >= 0.6 is 0 Å². The Morgan fingerprint density at radius 1 is 1.47 bits per heavy atom. The Balaban J connectivity index is 2.13. The number of nitrogens with one attached hydrogen (secondary N) is 2. The molecular formula is C13H25N3O. The number of hydrogen-bond acceptors (Lipinski definition) is 3. The number of amides is 1. The van der Waals surface area contributed by atoms with Gasteiger partial charge in [0.1, 0.15) is 0 Å². The number of rotatable bonds is 7. The van der Waals surface area contributed by atoms with Gasteiger partial charge in [0.05, 0.1) is 6.54 Å². The van der Waals surface area contributed by atoms with Crippen LogP contribution in [0.25, 0.3) is 0 Å². The highest BCUT2D eigenvalue weighted by molar-refractivity contribution is 5.78. The number of nitrogens with zero attached hydrogens (tertiary/aromatic N) is 1. The molecule has 0 unspecified atom stereocenters. The van der Waals surface area contributed by atoms with Gasteiger partial charge in [-0.15, -0.1) is 6.58 Å². The molecule has 0 spiro atoms. The van der Waals surface area contributed by atoms with Gasteiger partial charge in [0, 0.05) is 6.54 Å². The van der Waals surface area contributed by atoms with Crippen LogP contribution in [0.2, 0.25) is 0 Å². The van der Waals surface area contributed by atoms with E-state index in [1.807, 2.05) is 0 Å². The van der Waals surface area contributed by atoms with E-state index in [2.05, 4.69) is 29.0 Å². The van der Waals surface area contributed by atoms with Crippen molar-refractivity contribution in [2.24, 2.45) is 5.92 Å². The van der Waals surface area contributed by atoms with Gasteiger partial charge in [-0.3, -0.25) is 9.69 Å². The first-order valence-electron chi connectivity index (χ1n) is 6.57. The summed E-state index contributed by atoms with van der Waals surface area (Å²) in [5.41, 5.74) is 0. The highest BCUT2D eigenvalue weighted by Crippen LogP contribution is 2.15. The number of hydrogen-bond donors (Lipinski definition) is 2. The molecule has 98 valence electrons. The van der Waals surface area contributed by atoms with Crippen LogP contribution in [0.1, 0.15) is 19.8 Å². The fourth-order valence-corrected chi connectivity index (χ4v) is 2.14. The smallest absolute Gasteiger partial charge is 0.234 e. The predicted octanol–water partition coefficient (Wildman–Crippen LogP) is 0.610. The van der Waals surface area contributed by atoms with E-state index in [1.54, 1.807) is 6.08 Å². The van der Waals surface area contributed by atoms with E-state index >= 15 is 0 Å². The first-order chi connectivity index (χ1) is 8.26. The van der Waals surface area contributed by atoms with Crippen LogP contribution in [-0.2, 0) is 4.79 Å². The minimum atomic E-state index is 0.107. The molecule has 0 aliphatic carbocycles. The van der Waals surface area contributed by atoms with E-state index < -0.39 is 0 Å². The first kappa shape index (κ1) is 14.2. The average Bonchev–Trinajstić information content (AvgIpc) is 2.35. The normalized spacial score (nSPS) is 17.9. The van der Waals surface area contributed by atoms with Gasteiger partial charge >= 0.3 is 0 Å².